The van der Waals surface area contributed by atoms with E-state index in [0.29, 0.717) is 29.7 Å². The van der Waals surface area contributed by atoms with Crippen LogP contribution < -0.4 is 10.6 Å². The first-order valence-corrected chi connectivity index (χ1v) is 9.26. The third-order valence-corrected chi connectivity index (χ3v) is 4.45. The van der Waals surface area contributed by atoms with Gasteiger partial charge < -0.3 is 15.4 Å². The van der Waals surface area contributed by atoms with Gasteiger partial charge in [-0.05, 0) is 25.0 Å². The third-order valence-electron chi connectivity index (χ3n) is 4.45. The van der Waals surface area contributed by atoms with E-state index >= 15 is 0 Å². The lowest BCUT2D eigenvalue weighted by Crippen LogP contribution is -2.37. The largest absolute Gasteiger partial charge is 0.462 e. The highest BCUT2D eigenvalue weighted by Gasteiger charge is 2.22. The zero-order valence-electron chi connectivity index (χ0n) is 15.5. The van der Waals surface area contributed by atoms with Crippen molar-refractivity contribution in [3.05, 3.63) is 82.7 Å². The molecule has 2 N–H and O–H groups in total. The Kier molecular flexibility index (Phi) is 6.26. The molecule has 0 unspecified atom stereocenters. The number of esters is 1. The maximum absolute atomic E-state index is 13.2. The van der Waals surface area contributed by atoms with E-state index in [0.717, 1.165) is 30.9 Å². The summed E-state index contributed by atoms with van der Waals surface area (Å²) < 4.78 is 5.17. The Bertz CT molecular complexity index is 836. The van der Waals surface area contributed by atoms with Gasteiger partial charge in [-0.25, -0.2) is 4.79 Å². The number of rotatable bonds is 6. The first-order chi connectivity index (χ1) is 13.2. The number of hydrogen-bond donors (Lipinski definition) is 2. The van der Waals surface area contributed by atoms with Crippen molar-refractivity contribution in [2.75, 3.05) is 19.7 Å². The van der Waals surface area contributed by atoms with Crippen LogP contribution in [-0.2, 0) is 11.2 Å². The summed E-state index contributed by atoms with van der Waals surface area (Å²) in [5.41, 5.74) is 2.52. The average molecular weight is 364 g/mol. The van der Waals surface area contributed by atoms with Gasteiger partial charge in [0.1, 0.15) is 5.82 Å². The molecule has 2 aromatic rings. The second-order valence-electron chi connectivity index (χ2n) is 6.31. The zero-order valence-corrected chi connectivity index (χ0v) is 15.5. The molecule has 0 aliphatic carbocycles. The average Bonchev–Trinajstić information content (AvgIpc) is 2.73. The van der Waals surface area contributed by atoms with Gasteiger partial charge in [0.25, 0.3) is 0 Å². The summed E-state index contributed by atoms with van der Waals surface area (Å²) in [4.78, 5) is 25.5. The minimum absolute atomic E-state index is 0.0499. The van der Waals surface area contributed by atoms with Crippen LogP contribution in [0.4, 0.5) is 0 Å². The summed E-state index contributed by atoms with van der Waals surface area (Å²) in [6.07, 6.45) is 1.34. The summed E-state index contributed by atoms with van der Waals surface area (Å²) in [7, 11) is 0. The summed E-state index contributed by atoms with van der Waals surface area (Å²) in [5.74, 6) is 0.328. The fourth-order valence-electron chi connectivity index (χ4n) is 3.11. The number of hydrogen-bond acceptors (Lipinski definition) is 5. The number of allylic oxidation sites excluding steroid dienone is 1. The minimum atomic E-state index is -0.367. The Morgan fingerprint density at radius 1 is 0.963 bits per heavy atom. The Morgan fingerprint density at radius 2 is 1.63 bits per heavy atom. The highest BCUT2D eigenvalue weighted by Crippen LogP contribution is 2.20. The molecule has 0 spiro atoms. The highest BCUT2D eigenvalue weighted by atomic mass is 16.5. The van der Waals surface area contributed by atoms with Crippen molar-refractivity contribution in [2.24, 2.45) is 0 Å². The molecule has 1 heterocycles. The molecule has 1 fully saturated rings. The summed E-state index contributed by atoms with van der Waals surface area (Å²) in [5, 5.41) is 6.59. The van der Waals surface area contributed by atoms with E-state index in [9.17, 15) is 9.59 Å². The van der Waals surface area contributed by atoms with Crippen LogP contribution in [-0.4, -0.2) is 31.4 Å². The molecule has 1 aliphatic heterocycles. The van der Waals surface area contributed by atoms with E-state index in [1.54, 1.807) is 19.1 Å². The van der Waals surface area contributed by atoms with Gasteiger partial charge in [0.05, 0.1) is 12.2 Å². The third kappa shape index (κ3) is 4.56. The fourth-order valence-corrected chi connectivity index (χ4v) is 3.11. The molecular formula is C22H24N2O3. The molecule has 5 heteroatoms. The molecule has 5 nitrogen and oxygen atoms in total. The number of ether oxygens (including phenoxy) is 1. The van der Waals surface area contributed by atoms with E-state index in [-0.39, 0.29) is 11.8 Å². The van der Waals surface area contributed by atoms with Crippen LogP contribution in [0.2, 0.25) is 0 Å². The summed E-state index contributed by atoms with van der Waals surface area (Å²) in [6, 6.07) is 16.5. The van der Waals surface area contributed by atoms with E-state index in [1.165, 1.54) is 0 Å². The maximum Gasteiger partial charge on any atom is 0.338 e. The number of carbonyl (C=O) groups is 2. The van der Waals surface area contributed by atoms with Gasteiger partial charge in [0, 0.05) is 30.6 Å². The molecule has 1 aliphatic rings. The van der Waals surface area contributed by atoms with Crippen molar-refractivity contribution in [3.63, 3.8) is 0 Å². The van der Waals surface area contributed by atoms with Gasteiger partial charge in [0.2, 0.25) is 0 Å². The van der Waals surface area contributed by atoms with Crippen LogP contribution >= 0.6 is 0 Å². The molecular weight excluding hydrogens is 340 g/mol. The lowest BCUT2D eigenvalue weighted by Gasteiger charge is -2.23. The molecule has 0 saturated carbocycles. The Labute approximate surface area is 159 Å². The predicted octanol–water partition coefficient (Wildman–Crippen LogP) is 3.08. The van der Waals surface area contributed by atoms with Crippen molar-refractivity contribution in [1.82, 2.24) is 10.6 Å². The van der Waals surface area contributed by atoms with E-state index in [4.69, 9.17) is 4.74 Å². The molecule has 3 rings (SSSR count). The van der Waals surface area contributed by atoms with Crippen LogP contribution in [0, 0.1) is 0 Å². The SMILES string of the molecule is CCOC(=O)c1ccccc1CC(C(=O)c1ccccc1)=C1NCCCN1. The van der Waals surface area contributed by atoms with Crippen molar-refractivity contribution >= 4 is 11.8 Å². The second kappa shape index (κ2) is 9.03. The predicted molar refractivity (Wildman–Crippen MR) is 105 cm³/mol. The molecule has 0 bridgehead atoms. The van der Waals surface area contributed by atoms with Crippen LogP contribution in [0.25, 0.3) is 0 Å². The van der Waals surface area contributed by atoms with Crippen LogP contribution in [0.15, 0.2) is 66.0 Å². The lowest BCUT2D eigenvalue weighted by atomic mass is 9.93. The van der Waals surface area contributed by atoms with Gasteiger partial charge in [-0.15, -0.1) is 0 Å². The Hall–Kier alpha value is -3.08. The van der Waals surface area contributed by atoms with Gasteiger partial charge >= 0.3 is 5.97 Å². The number of benzene rings is 2. The van der Waals surface area contributed by atoms with Crippen molar-refractivity contribution < 1.29 is 14.3 Å². The first kappa shape index (κ1) is 18.7. The van der Waals surface area contributed by atoms with E-state index < -0.39 is 0 Å². The number of carbonyl (C=O) groups excluding carboxylic acids is 2. The molecule has 0 radical (unpaired) electrons. The first-order valence-electron chi connectivity index (χ1n) is 9.26. The van der Waals surface area contributed by atoms with Crippen molar-refractivity contribution in [3.8, 4) is 0 Å². The van der Waals surface area contributed by atoms with Crippen LogP contribution in [0.1, 0.15) is 39.6 Å². The molecule has 27 heavy (non-hydrogen) atoms. The Morgan fingerprint density at radius 3 is 2.33 bits per heavy atom. The normalized spacial score (nSPS) is 13.3. The number of Topliss-reactive ketones (excluding diaryl/α,β-unsaturated/α-hetero) is 1. The van der Waals surface area contributed by atoms with Crippen LogP contribution in [0.3, 0.4) is 0 Å². The molecule has 2 aromatic carbocycles. The van der Waals surface area contributed by atoms with Crippen molar-refractivity contribution in [1.29, 1.82) is 0 Å². The number of nitrogens with one attached hydrogen (secondary N) is 2. The topological polar surface area (TPSA) is 67.4 Å². The molecule has 140 valence electrons. The Balaban J connectivity index is 1.98. The molecule has 0 amide bonds. The van der Waals surface area contributed by atoms with E-state index in [1.807, 2.05) is 42.5 Å². The van der Waals surface area contributed by atoms with Gasteiger partial charge in [0.15, 0.2) is 5.78 Å². The van der Waals surface area contributed by atoms with Gasteiger partial charge in [-0.3, -0.25) is 4.79 Å². The quantitative estimate of drug-likeness (QED) is 0.468. The molecule has 0 aromatic heterocycles. The fraction of sp³-hybridized carbons (Fsp3) is 0.273. The smallest absolute Gasteiger partial charge is 0.338 e. The van der Waals surface area contributed by atoms with Crippen molar-refractivity contribution in [2.45, 2.75) is 19.8 Å². The monoisotopic (exact) mass is 364 g/mol. The number of ketones is 1. The summed E-state index contributed by atoms with van der Waals surface area (Å²) in [6.45, 7) is 3.72. The van der Waals surface area contributed by atoms with Gasteiger partial charge in [-0.1, -0.05) is 48.5 Å². The minimum Gasteiger partial charge on any atom is -0.462 e. The highest BCUT2D eigenvalue weighted by molar-refractivity contribution is 6.09. The molecule has 1 saturated heterocycles. The second-order valence-corrected chi connectivity index (χ2v) is 6.31. The summed E-state index contributed by atoms with van der Waals surface area (Å²) >= 11 is 0. The standard InChI is InChI=1S/C22H24N2O3/c1-2-27-22(26)18-12-7-6-11-17(18)15-19(21-23-13-8-14-24-21)20(25)16-9-4-3-5-10-16/h3-7,9-12,23-24H,2,8,13-15H2,1H3. The van der Waals surface area contributed by atoms with Crippen LogP contribution in [0.5, 0.6) is 0 Å². The molecule has 0 atom stereocenters. The van der Waals surface area contributed by atoms with E-state index in [2.05, 4.69) is 10.6 Å². The maximum atomic E-state index is 13.2. The zero-order chi connectivity index (χ0) is 19.1. The lowest BCUT2D eigenvalue weighted by molar-refractivity contribution is 0.0525. The van der Waals surface area contributed by atoms with Gasteiger partial charge in [-0.2, -0.15) is 0 Å².